The van der Waals surface area contributed by atoms with Gasteiger partial charge in [-0.15, -0.1) is 0 Å². The molecule has 0 spiro atoms. The lowest BCUT2D eigenvalue weighted by Crippen LogP contribution is -2.48. The molecular weight excluding hydrogens is 258 g/mol. The quantitative estimate of drug-likeness (QED) is 0.721. The van der Waals surface area contributed by atoms with E-state index >= 15 is 0 Å². The van der Waals surface area contributed by atoms with Crippen molar-refractivity contribution in [2.75, 3.05) is 6.54 Å². The van der Waals surface area contributed by atoms with Gasteiger partial charge >= 0.3 is 6.09 Å². The SMILES string of the molecule is CC(C)(C)OC(=O)N1CCCCCC1O[Si](C)(C)C. The van der Waals surface area contributed by atoms with E-state index in [0.717, 1.165) is 32.2 Å². The minimum atomic E-state index is -1.66. The van der Waals surface area contributed by atoms with Crippen molar-refractivity contribution in [3.63, 3.8) is 0 Å². The average Bonchev–Trinajstić information content (AvgIpc) is 2.37. The Morgan fingerprint density at radius 2 is 1.79 bits per heavy atom. The number of nitrogens with zero attached hydrogens (tertiary/aromatic N) is 1. The fourth-order valence-corrected chi connectivity index (χ4v) is 3.20. The van der Waals surface area contributed by atoms with E-state index in [9.17, 15) is 4.79 Å². The van der Waals surface area contributed by atoms with Gasteiger partial charge in [0.25, 0.3) is 0 Å². The largest absolute Gasteiger partial charge is 0.444 e. The molecule has 0 saturated carbocycles. The zero-order chi connectivity index (χ0) is 14.7. The standard InChI is InChI=1S/C14H29NO3Si/c1-14(2,3)17-13(16)15-11-9-7-8-10-12(15)18-19(4,5)6/h12H,7-11H2,1-6H3. The molecule has 1 saturated heterocycles. The molecule has 1 fully saturated rings. The van der Waals surface area contributed by atoms with Gasteiger partial charge in [0.2, 0.25) is 0 Å². The molecule has 0 aromatic rings. The Morgan fingerprint density at radius 1 is 1.16 bits per heavy atom. The predicted molar refractivity (Wildman–Crippen MR) is 79.6 cm³/mol. The van der Waals surface area contributed by atoms with Gasteiger partial charge in [0.15, 0.2) is 8.32 Å². The van der Waals surface area contributed by atoms with Crippen LogP contribution in [0, 0.1) is 0 Å². The van der Waals surface area contributed by atoms with Crippen LogP contribution in [-0.4, -0.2) is 37.7 Å². The predicted octanol–water partition coefficient (Wildman–Crippen LogP) is 3.98. The highest BCUT2D eigenvalue weighted by molar-refractivity contribution is 6.69. The van der Waals surface area contributed by atoms with Gasteiger partial charge in [0, 0.05) is 6.54 Å². The first-order chi connectivity index (χ1) is 8.58. The fraction of sp³-hybridized carbons (Fsp3) is 0.929. The molecule has 1 amide bonds. The molecule has 0 aliphatic carbocycles. The number of likely N-dealkylation sites (tertiary alicyclic amines) is 1. The maximum absolute atomic E-state index is 12.3. The molecule has 1 aliphatic rings. The third-order valence-electron chi connectivity index (χ3n) is 2.82. The fourth-order valence-electron chi connectivity index (χ4n) is 2.14. The monoisotopic (exact) mass is 287 g/mol. The normalized spacial score (nSPS) is 22.0. The molecule has 0 radical (unpaired) electrons. The summed E-state index contributed by atoms with van der Waals surface area (Å²) in [6.07, 6.45) is 3.88. The van der Waals surface area contributed by atoms with Crippen LogP contribution >= 0.6 is 0 Å². The number of ether oxygens (including phenoxy) is 1. The maximum atomic E-state index is 12.3. The van der Waals surface area contributed by atoms with E-state index in [0.29, 0.717) is 0 Å². The van der Waals surface area contributed by atoms with Crippen LogP contribution in [0.1, 0.15) is 46.5 Å². The highest BCUT2D eigenvalue weighted by Gasteiger charge is 2.32. The van der Waals surface area contributed by atoms with E-state index in [4.69, 9.17) is 9.16 Å². The summed E-state index contributed by atoms with van der Waals surface area (Å²) in [4.78, 5) is 14.1. The molecule has 5 heteroatoms. The van der Waals surface area contributed by atoms with Crippen molar-refractivity contribution < 1.29 is 14.0 Å². The summed E-state index contributed by atoms with van der Waals surface area (Å²) in [5, 5.41) is 0. The lowest BCUT2D eigenvalue weighted by Gasteiger charge is -2.35. The summed E-state index contributed by atoms with van der Waals surface area (Å²) in [7, 11) is -1.66. The maximum Gasteiger partial charge on any atom is 0.412 e. The Bertz CT molecular complexity index is 307. The molecule has 112 valence electrons. The Labute approximate surface area is 118 Å². The van der Waals surface area contributed by atoms with Gasteiger partial charge in [0.1, 0.15) is 11.8 Å². The second kappa shape index (κ2) is 6.26. The second-order valence-electron chi connectivity index (χ2n) is 7.21. The van der Waals surface area contributed by atoms with Crippen molar-refractivity contribution in [2.24, 2.45) is 0 Å². The van der Waals surface area contributed by atoms with Crippen molar-refractivity contribution in [1.82, 2.24) is 4.90 Å². The zero-order valence-electron chi connectivity index (χ0n) is 13.3. The number of hydrogen-bond acceptors (Lipinski definition) is 3. The summed E-state index contributed by atoms with van der Waals surface area (Å²) in [5.41, 5.74) is -0.451. The van der Waals surface area contributed by atoms with E-state index in [2.05, 4.69) is 19.6 Å². The molecule has 1 atom stereocenters. The van der Waals surface area contributed by atoms with Gasteiger partial charge in [-0.05, 0) is 59.7 Å². The van der Waals surface area contributed by atoms with Gasteiger partial charge in [-0.2, -0.15) is 0 Å². The van der Waals surface area contributed by atoms with Crippen molar-refractivity contribution in [2.45, 2.75) is 77.9 Å². The van der Waals surface area contributed by atoms with Gasteiger partial charge in [-0.25, -0.2) is 4.79 Å². The highest BCUT2D eigenvalue weighted by atomic mass is 28.4. The lowest BCUT2D eigenvalue weighted by atomic mass is 10.2. The Hall–Kier alpha value is -0.553. The third-order valence-corrected chi connectivity index (χ3v) is 3.79. The molecule has 0 aromatic carbocycles. The van der Waals surface area contributed by atoms with Gasteiger partial charge in [-0.3, -0.25) is 4.90 Å². The number of rotatable bonds is 2. The lowest BCUT2D eigenvalue weighted by molar-refractivity contribution is -0.0222. The Morgan fingerprint density at radius 3 is 2.32 bits per heavy atom. The van der Waals surface area contributed by atoms with Crippen molar-refractivity contribution in [1.29, 1.82) is 0 Å². The average molecular weight is 287 g/mol. The molecule has 0 bridgehead atoms. The number of amides is 1. The summed E-state index contributed by atoms with van der Waals surface area (Å²) < 4.78 is 11.7. The van der Waals surface area contributed by atoms with Crippen LogP contribution in [0.15, 0.2) is 0 Å². The van der Waals surface area contributed by atoms with Crippen LogP contribution in [0.2, 0.25) is 19.6 Å². The molecule has 1 rings (SSSR count). The van der Waals surface area contributed by atoms with Gasteiger partial charge in [0.05, 0.1) is 0 Å². The summed E-state index contributed by atoms with van der Waals surface area (Å²) >= 11 is 0. The van der Waals surface area contributed by atoms with E-state index in [-0.39, 0.29) is 12.3 Å². The van der Waals surface area contributed by atoms with E-state index in [1.165, 1.54) is 0 Å². The molecule has 4 nitrogen and oxygen atoms in total. The summed E-state index contributed by atoms with van der Waals surface area (Å²) in [6.45, 7) is 12.9. The first-order valence-electron chi connectivity index (χ1n) is 7.26. The molecular formula is C14H29NO3Si. The van der Waals surface area contributed by atoms with Crippen LogP contribution in [0.5, 0.6) is 0 Å². The van der Waals surface area contributed by atoms with Crippen LogP contribution in [-0.2, 0) is 9.16 Å². The van der Waals surface area contributed by atoms with E-state index < -0.39 is 13.9 Å². The van der Waals surface area contributed by atoms with Gasteiger partial charge < -0.3 is 9.16 Å². The Balaban J connectivity index is 2.76. The molecule has 1 unspecified atom stereocenters. The summed E-state index contributed by atoms with van der Waals surface area (Å²) in [5.74, 6) is 0. The number of carbonyl (C=O) groups excluding carboxylic acids is 1. The molecule has 19 heavy (non-hydrogen) atoms. The second-order valence-corrected chi connectivity index (χ2v) is 11.7. The number of carbonyl (C=O) groups is 1. The van der Waals surface area contributed by atoms with Crippen molar-refractivity contribution in [3.05, 3.63) is 0 Å². The number of hydrogen-bond donors (Lipinski definition) is 0. The third kappa shape index (κ3) is 6.43. The molecule has 0 aromatic heterocycles. The molecule has 1 heterocycles. The van der Waals surface area contributed by atoms with Crippen molar-refractivity contribution >= 4 is 14.4 Å². The smallest absolute Gasteiger partial charge is 0.412 e. The van der Waals surface area contributed by atoms with Crippen LogP contribution in [0.4, 0.5) is 4.79 Å². The molecule has 0 N–H and O–H groups in total. The van der Waals surface area contributed by atoms with E-state index in [1.54, 1.807) is 4.90 Å². The minimum Gasteiger partial charge on any atom is -0.444 e. The van der Waals surface area contributed by atoms with Crippen molar-refractivity contribution in [3.8, 4) is 0 Å². The van der Waals surface area contributed by atoms with Crippen LogP contribution in [0.3, 0.4) is 0 Å². The first-order valence-corrected chi connectivity index (χ1v) is 10.7. The van der Waals surface area contributed by atoms with Crippen LogP contribution < -0.4 is 0 Å². The zero-order valence-corrected chi connectivity index (χ0v) is 14.3. The first kappa shape index (κ1) is 16.5. The highest BCUT2D eigenvalue weighted by Crippen LogP contribution is 2.23. The van der Waals surface area contributed by atoms with E-state index in [1.807, 2.05) is 20.8 Å². The summed E-state index contributed by atoms with van der Waals surface area (Å²) in [6, 6.07) is 0. The van der Waals surface area contributed by atoms with Crippen LogP contribution in [0.25, 0.3) is 0 Å². The molecule has 1 aliphatic heterocycles. The van der Waals surface area contributed by atoms with Gasteiger partial charge in [-0.1, -0.05) is 6.42 Å². The topological polar surface area (TPSA) is 38.8 Å². The minimum absolute atomic E-state index is 0.107. The Kier molecular flexibility index (Phi) is 5.44.